The molecule has 0 amide bonds. The molecule has 0 aliphatic carbocycles. The van der Waals surface area contributed by atoms with Gasteiger partial charge in [0.25, 0.3) is 0 Å². The molecule has 1 fully saturated rings. The maximum Gasteiger partial charge on any atom is 0.325 e. The van der Waals surface area contributed by atoms with Gasteiger partial charge in [0.05, 0.1) is 6.10 Å². The standard InChI is InChI=1S/C19H29NO3/c1-6-22-14(2)12-16-17(21)23-18(19(3,4)5)20(16)13-15-10-8-7-9-11-15/h7-11,14,16,18H,6,12-13H2,1-5H3/t14?,16-,18+/m1/s1. The maximum atomic E-state index is 12.5. The normalized spacial score (nSPS) is 23.8. The fourth-order valence-electron chi connectivity index (χ4n) is 3.12. The Bertz CT molecular complexity index is 509. The van der Waals surface area contributed by atoms with Crippen molar-refractivity contribution in [3.8, 4) is 0 Å². The molecule has 1 saturated heterocycles. The molecule has 0 bridgehead atoms. The molecule has 23 heavy (non-hydrogen) atoms. The zero-order valence-corrected chi connectivity index (χ0v) is 14.9. The van der Waals surface area contributed by atoms with Crippen LogP contribution in [0.1, 0.15) is 46.6 Å². The van der Waals surface area contributed by atoms with Gasteiger partial charge >= 0.3 is 5.97 Å². The van der Waals surface area contributed by atoms with E-state index in [2.05, 4.69) is 37.8 Å². The molecule has 0 spiro atoms. The van der Waals surface area contributed by atoms with E-state index >= 15 is 0 Å². The first-order valence-corrected chi connectivity index (χ1v) is 8.44. The van der Waals surface area contributed by atoms with Gasteiger partial charge in [-0.1, -0.05) is 51.1 Å². The second kappa shape index (κ2) is 7.45. The molecule has 0 radical (unpaired) electrons. The number of esters is 1. The molecule has 1 aliphatic rings. The summed E-state index contributed by atoms with van der Waals surface area (Å²) in [6.07, 6.45) is 0.482. The lowest BCUT2D eigenvalue weighted by Gasteiger charge is -2.34. The van der Waals surface area contributed by atoms with Crippen LogP contribution in [0.15, 0.2) is 30.3 Å². The maximum absolute atomic E-state index is 12.5. The molecular weight excluding hydrogens is 290 g/mol. The summed E-state index contributed by atoms with van der Waals surface area (Å²) in [6.45, 7) is 11.7. The number of hydrogen-bond acceptors (Lipinski definition) is 4. The number of carbonyl (C=O) groups is 1. The Balaban J connectivity index is 2.21. The van der Waals surface area contributed by atoms with E-state index in [1.165, 1.54) is 5.56 Å². The summed E-state index contributed by atoms with van der Waals surface area (Å²) in [7, 11) is 0. The second-order valence-electron chi connectivity index (χ2n) is 7.33. The number of cyclic esters (lactones) is 1. The lowest BCUT2D eigenvalue weighted by Crippen LogP contribution is -2.44. The molecule has 0 aromatic heterocycles. The Morgan fingerprint density at radius 1 is 1.26 bits per heavy atom. The van der Waals surface area contributed by atoms with Gasteiger partial charge in [-0.05, 0) is 25.8 Å². The highest BCUT2D eigenvalue weighted by atomic mass is 16.6. The van der Waals surface area contributed by atoms with E-state index in [9.17, 15) is 4.79 Å². The first-order valence-electron chi connectivity index (χ1n) is 8.44. The topological polar surface area (TPSA) is 38.8 Å². The monoisotopic (exact) mass is 319 g/mol. The Hall–Kier alpha value is -1.39. The number of ether oxygens (including phenoxy) is 2. The number of rotatable bonds is 6. The van der Waals surface area contributed by atoms with Crippen LogP contribution in [0.5, 0.6) is 0 Å². The molecule has 0 N–H and O–H groups in total. The van der Waals surface area contributed by atoms with Crippen molar-refractivity contribution in [3.05, 3.63) is 35.9 Å². The van der Waals surface area contributed by atoms with Gasteiger partial charge in [0, 0.05) is 18.6 Å². The zero-order chi connectivity index (χ0) is 17.0. The minimum atomic E-state index is -0.249. The van der Waals surface area contributed by atoms with Gasteiger partial charge in [-0.15, -0.1) is 0 Å². The smallest absolute Gasteiger partial charge is 0.325 e. The average Bonchev–Trinajstić information content (AvgIpc) is 2.78. The summed E-state index contributed by atoms with van der Waals surface area (Å²) in [5.41, 5.74) is 1.06. The minimum absolute atomic E-state index is 0.0366. The third-order valence-electron chi connectivity index (χ3n) is 4.16. The molecule has 1 aromatic rings. The van der Waals surface area contributed by atoms with Crippen LogP contribution in [0.3, 0.4) is 0 Å². The van der Waals surface area contributed by atoms with Crippen LogP contribution < -0.4 is 0 Å². The molecule has 4 heteroatoms. The van der Waals surface area contributed by atoms with Crippen LogP contribution in [0.4, 0.5) is 0 Å². The van der Waals surface area contributed by atoms with Gasteiger partial charge in [0.1, 0.15) is 6.04 Å². The number of benzene rings is 1. The predicted molar refractivity (Wildman–Crippen MR) is 90.8 cm³/mol. The largest absolute Gasteiger partial charge is 0.445 e. The van der Waals surface area contributed by atoms with Crippen LogP contribution in [-0.4, -0.2) is 35.8 Å². The number of nitrogens with zero attached hydrogens (tertiary/aromatic N) is 1. The van der Waals surface area contributed by atoms with Gasteiger partial charge in [-0.25, -0.2) is 4.90 Å². The summed E-state index contributed by atoms with van der Waals surface area (Å²) >= 11 is 0. The third kappa shape index (κ3) is 4.55. The highest BCUT2D eigenvalue weighted by Gasteiger charge is 2.47. The van der Waals surface area contributed by atoms with Gasteiger partial charge < -0.3 is 9.47 Å². The van der Waals surface area contributed by atoms with Crippen molar-refractivity contribution >= 4 is 5.97 Å². The molecule has 128 valence electrons. The van der Waals surface area contributed by atoms with Crippen LogP contribution in [-0.2, 0) is 20.8 Å². The van der Waals surface area contributed by atoms with Crippen molar-refractivity contribution in [2.75, 3.05) is 6.61 Å². The Labute approximate surface area is 139 Å². The second-order valence-corrected chi connectivity index (χ2v) is 7.33. The summed E-state index contributed by atoms with van der Waals surface area (Å²) in [5.74, 6) is -0.132. The Morgan fingerprint density at radius 3 is 2.48 bits per heavy atom. The fraction of sp³-hybridized carbons (Fsp3) is 0.632. The lowest BCUT2D eigenvalue weighted by atomic mass is 9.92. The van der Waals surface area contributed by atoms with Crippen LogP contribution >= 0.6 is 0 Å². The van der Waals surface area contributed by atoms with Gasteiger partial charge in [-0.2, -0.15) is 0 Å². The molecule has 1 unspecified atom stereocenters. The van der Waals surface area contributed by atoms with E-state index in [1.54, 1.807) is 0 Å². The summed E-state index contributed by atoms with van der Waals surface area (Å²) in [5, 5.41) is 0. The molecule has 1 aromatic carbocycles. The van der Waals surface area contributed by atoms with Crippen LogP contribution in [0.25, 0.3) is 0 Å². The predicted octanol–water partition coefficient (Wildman–Crippen LogP) is 3.60. The Kier molecular flexibility index (Phi) is 5.82. The average molecular weight is 319 g/mol. The third-order valence-corrected chi connectivity index (χ3v) is 4.16. The van der Waals surface area contributed by atoms with Crippen molar-refractivity contribution < 1.29 is 14.3 Å². The number of carbonyl (C=O) groups excluding carboxylic acids is 1. The lowest BCUT2D eigenvalue weighted by molar-refractivity contribution is -0.148. The summed E-state index contributed by atoms with van der Waals surface area (Å²) in [6, 6.07) is 9.99. The van der Waals surface area contributed by atoms with E-state index in [1.807, 2.05) is 32.0 Å². The quantitative estimate of drug-likeness (QED) is 0.751. The summed E-state index contributed by atoms with van der Waals surface area (Å²) in [4.78, 5) is 14.6. The van der Waals surface area contributed by atoms with Crippen molar-refractivity contribution in [2.24, 2.45) is 5.41 Å². The minimum Gasteiger partial charge on any atom is -0.445 e. The Morgan fingerprint density at radius 2 is 1.91 bits per heavy atom. The molecule has 4 nitrogen and oxygen atoms in total. The van der Waals surface area contributed by atoms with E-state index in [-0.39, 0.29) is 29.8 Å². The highest BCUT2D eigenvalue weighted by molar-refractivity contribution is 5.78. The van der Waals surface area contributed by atoms with Crippen molar-refractivity contribution in [1.82, 2.24) is 4.90 Å². The van der Waals surface area contributed by atoms with Gasteiger partial charge in [0.15, 0.2) is 6.23 Å². The van der Waals surface area contributed by atoms with Crippen molar-refractivity contribution in [2.45, 2.75) is 66.0 Å². The molecule has 0 saturated carbocycles. The van der Waals surface area contributed by atoms with E-state index < -0.39 is 0 Å². The molecule has 3 atom stereocenters. The first-order chi connectivity index (χ1) is 10.8. The van der Waals surface area contributed by atoms with Crippen LogP contribution in [0, 0.1) is 5.41 Å². The van der Waals surface area contributed by atoms with E-state index in [4.69, 9.17) is 9.47 Å². The van der Waals surface area contributed by atoms with E-state index in [0.717, 1.165) is 0 Å². The zero-order valence-electron chi connectivity index (χ0n) is 14.9. The van der Waals surface area contributed by atoms with Gasteiger partial charge in [0.2, 0.25) is 0 Å². The van der Waals surface area contributed by atoms with Crippen molar-refractivity contribution in [3.63, 3.8) is 0 Å². The molecule has 2 rings (SSSR count). The highest BCUT2D eigenvalue weighted by Crippen LogP contribution is 2.35. The number of hydrogen-bond donors (Lipinski definition) is 0. The van der Waals surface area contributed by atoms with E-state index in [0.29, 0.717) is 19.6 Å². The van der Waals surface area contributed by atoms with Gasteiger partial charge in [-0.3, -0.25) is 4.79 Å². The molecular formula is C19H29NO3. The molecule has 1 heterocycles. The first kappa shape index (κ1) is 18.0. The molecule has 1 aliphatic heterocycles. The van der Waals surface area contributed by atoms with Crippen molar-refractivity contribution in [1.29, 1.82) is 0 Å². The SMILES string of the molecule is CCOC(C)C[C@@H]1C(=O)O[C@@H](C(C)(C)C)N1Cc1ccccc1. The van der Waals surface area contributed by atoms with Crippen LogP contribution in [0.2, 0.25) is 0 Å². The fourth-order valence-corrected chi connectivity index (χ4v) is 3.12. The summed E-state index contributed by atoms with van der Waals surface area (Å²) < 4.78 is 11.4.